The summed E-state index contributed by atoms with van der Waals surface area (Å²) in [5.41, 5.74) is 7.36. The van der Waals surface area contributed by atoms with E-state index in [0.717, 1.165) is 5.69 Å². The van der Waals surface area contributed by atoms with E-state index in [1.807, 2.05) is 19.0 Å². The number of carbonyl (C=O) groups excluding carboxylic acids is 3. The number of phenols is 1. The summed E-state index contributed by atoms with van der Waals surface area (Å²) in [6.45, 7) is 0.370. The zero-order valence-corrected chi connectivity index (χ0v) is 24.0. The summed E-state index contributed by atoms with van der Waals surface area (Å²) >= 11 is 0. The van der Waals surface area contributed by atoms with E-state index >= 15 is 0 Å². The number of hydrogen-bond donors (Lipinski definition) is 7. The minimum atomic E-state index is -2.69. The largest absolute Gasteiger partial charge is 0.508 e. The maximum atomic E-state index is 14.1. The molecule has 1 fully saturated rings. The number of aromatic hydroxyl groups is 1. The summed E-state index contributed by atoms with van der Waals surface area (Å²) in [4.78, 5) is 51.0. The lowest BCUT2D eigenvalue weighted by atomic mass is 9.57. The molecule has 0 radical (unpaired) electrons. The Labute approximate surface area is 241 Å². The summed E-state index contributed by atoms with van der Waals surface area (Å²) in [6.07, 6.45) is 0.220. The molecule has 1 heterocycles. The number of rotatable bonds is 7. The average Bonchev–Trinajstić information content (AvgIpc) is 3.37. The normalized spacial score (nSPS) is 25.5. The van der Waals surface area contributed by atoms with Crippen LogP contribution in [0, 0.1) is 11.8 Å². The molecule has 13 nitrogen and oxygen atoms in total. The number of ketones is 2. The summed E-state index contributed by atoms with van der Waals surface area (Å²) in [5, 5.41) is 46.0. The number of aliphatic hydroxyl groups excluding tert-OH is 2. The van der Waals surface area contributed by atoms with E-state index in [4.69, 9.17) is 10.6 Å². The molecule has 0 aliphatic heterocycles. The number of likely N-dealkylation sites (N-methyl/N-ethyl adjacent to an activating group) is 1. The number of hydrogen-bond acceptors (Lipinski definition) is 11. The van der Waals surface area contributed by atoms with Gasteiger partial charge in [0.25, 0.3) is 5.91 Å². The lowest BCUT2D eigenvalue weighted by molar-refractivity contribution is -0.153. The first-order chi connectivity index (χ1) is 19.7. The highest BCUT2D eigenvalue weighted by Crippen LogP contribution is 2.54. The van der Waals surface area contributed by atoms with Gasteiger partial charge in [-0.15, -0.1) is 0 Å². The highest BCUT2D eigenvalue weighted by Gasteiger charge is 2.64. The number of Topliss-reactive ketones (excluding diaryl/α,β-unsaturated/α-hetero) is 2. The highest BCUT2D eigenvalue weighted by molar-refractivity contribution is 6.24. The second-order valence-corrected chi connectivity index (χ2v) is 11.4. The number of amides is 1. The quantitative estimate of drug-likeness (QED) is 0.179. The van der Waals surface area contributed by atoms with Crippen LogP contribution in [0.3, 0.4) is 0 Å². The van der Waals surface area contributed by atoms with Crippen LogP contribution in [0.2, 0.25) is 0 Å². The molecule has 0 spiro atoms. The van der Waals surface area contributed by atoms with Gasteiger partial charge in [-0.2, -0.15) is 5.48 Å². The van der Waals surface area contributed by atoms with E-state index in [1.165, 1.54) is 12.0 Å². The third-order valence-corrected chi connectivity index (χ3v) is 8.62. The van der Waals surface area contributed by atoms with Crippen molar-refractivity contribution in [1.29, 1.82) is 0 Å². The number of fused-ring (bicyclic) bond motifs is 3. The molecule has 1 aromatic carbocycles. The van der Waals surface area contributed by atoms with Gasteiger partial charge in [0.05, 0.1) is 25.3 Å². The van der Waals surface area contributed by atoms with Crippen LogP contribution in [0.5, 0.6) is 5.75 Å². The number of aromatic nitrogens is 1. The molecule has 8 N–H and O–H groups in total. The Morgan fingerprint density at radius 2 is 1.88 bits per heavy atom. The number of carbonyl (C=O) groups is 3. The number of aliphatic hydroxyl groups is 3. The van der Waals surface area contributed by atoms with Gasteiger partial charge in [0, 0.05) is 48.2 Å². The van der Waals surface area contributed by atoms with E-state index in [9.17, 15) is 34.8 Å². The SMILES string of the molecule is CONCc1ccc(-c2cc(N(C)C)c3c(c2O)C(O)=C2C(=O)[C@]4(O)C(O)=C(C(N)=O)C(=O)[C@@H](N(C)C)[C@@H]4C[C@@H]2C3)[nH]1. The number of aromatic amines is 1. The summed E-state index contributed by atoms with van der Waals surface area (Å²) in [6, 6.07) is 4.21. The third-order valence-electron chi connectivity index (χ3n) is 8.62. The first-order valence-corrected chi connectivity index (χ1v) is 13.4. The van der Waals surface area contributed by atoms with Crippen molar-refractivity contribution in [1.82, 2.24) is 15.4 Å². The van der Waals surface area contributed by atoms with Gasteiger partial charge in [0.2, 0.25) is 5.78 Å². The van der Waals surface area contributed by atoms with E-state index in [-0.39, 0.29) is 29.7 Å². The van der Waals surface area contributed by atoms with Gasteiger partial charge in [-0.25, -0.2) is 0 Å². The van der Waals surface area contributed by atoms with Gasteiger partial charge in [-0.3, -0.25) is 19.3 Å². The van der Waals surface area contributed by atoms with Crippen molar-refractivity contribution in [3.63, 3.8) is 0 Å². The van der Waals surface area contributed by atoms with Gasteiger partial charge in [0.1, 0.15) is 22.8 Å². The molecule has 3 aliphatic rings. The first kappa shape index (κ1) is 29.3. The van der Waals surface area contributed by atoms with Crippen LogP contribution in [0.25, 0.3) is 17.0 Å². The highest BCUT2D eigenvalue weighted by atomic mass is 16.6. The predicted molar refractivity (Wildman–Crippen MR) is 152 cm³/mol. The summed E-state index contributed by atoms with van der Waals surface area (Å²) in [7, 11) is 8.25. The van der Waals surface area contributed by atoms with Gasteiger partial charge >= 0.3 is 0 Å². The van der Waals surface area contributed by atoms with E-state index < -0.39 is 58.0 Å². The number of primary amides is 1. The van der Waals surface area contributed by atoms with Crippen molar-refractivity contribution in [2.75, 3.05) is 40.2 Å². The van der Waals surface area contributed by atoms with Crippen LogP contribution in [0.1, 0.15) is 23.2 Å². The molecule has 0 bridgehead atoms. The Morgan fingerprint density at radius 3 is 2.48 bits per heavy atom. The zero-order chi connectivity index (χ0) is 30.8. The first-order valence-electron chi connectivity index (χ1n) is 13.4. The van der Waals surface area contributed by atoms with Gasteiger partial charge in [0.15, 0.2) is 11.4 Å². The molecule has 3 aliphatic carbocycles. The zero-order valence-electron chi connectivity index (χ0n) is 24.0. The van der Waals surface area contributed by atoms with Crippen molar-refractivity contribution >= 4 is 28.9 Å². The minimum absolute atomic E-state index is 0.0215. The number of nitrogens with zero attached hydrogens (tertiary/aromatic N) is 2. The van der Waals surface area contributed by atoms with Gasteiger partial charge in [-0.1, -0.05) is 0 Å². The minimum Gasteiger partial charge on any atom is -0.508 e. The molecule has 42 heavy (non-hydrogen) atoms. The molecule has 0 unspecified atom stereocenters. The monoisotopic (exact) mass is 581 g/mol. The molecule has 4 atom stereocenters. The molecular formula is C29H35N5O8. The van der Waals surface area contributed by atoms with E-state index in [0.29, 0.717) is 29.1 Å². The molecule has 2 aromatic rings. The fourth-order valence-electron chi connectivity index (χ4n) is 6.75. The van der Waals surface area contributed by atoms with Gasteiger partial charge < -0.3 is 40.9 Å². The molecular weight excluding hydrogens is 546 g/mol. The van der Waals surface area contributed by atoms with Crippen LogP contribution in [-0.4, -0.2) is 94.7 Å². The Morgan fingerprint density at radius 1 is 1.19 bits per heavy atom. The maximum Gasteiger partial charge on any atom is 0.255 e. The molecule has 1 saturated carbocycles. The van der Waals surface area contributed by atoms with E-state index in [2.05, 4.69) is 10.5 Å². The van der Waals surface area contributed by atoms with Crippen molar-refractivity contribution in [2.24, 2.45) is 17.6 Å². The number of hydroxylamine groups is 1. The second kappa shape index (κ2) is 10.3. The number of phenolic OH excluding ortho intramolecular Hbond substituents is 1. The molecule has 224 valence electrons. The van der Waals surface area contributed by atoms with Crippen molar-refractivity contribution in [3.05, 3.63) is 51.9 Å². The Bertz CT molecular complexity index is 1570. The Hall–Kier alpha value is -4.17. The Balaban J connectivity index is 1.72. The molecule has 0 saturated heterocycles. The summed E-state index contributed by atoms with van der Waals surface area (Å²) < 4.78 is 0. The van der Waals surface area contributed by atoms with Crippen molar-refractivity contribution < 1.29 is 39.6 Å². The third kappa shape index (κ3) is 4.11. The fraction of sp³-hybridized carbons (Fsp3) is 0.414. The molecule has 1 amide bonds. The topological polar surface area (TPSA) is 202 Å². The summed E-state index contributed by atoms with van der Waals surface area (Å²) in [5.74, 6) is -6.84. The lowest BCUT2D eigenvalue weighted by Crippen LogP contribution is -2.65. The lowest BCUT2D eigenvalue weighted by Gasteiger charge is -2.50. The number of H-pyrrole nitrogens is 1. The Kier molecular flexibility index (Phi) is 7.18. The number of nitrogens with two attached hydrogens (primary N) is 1. The standard InChI is InChI=1S/C29H35N5O8/c1-33(2)18-10-14(17-7-6-13(32-17)11-31-42-5)23(35)20-15(18)8-12-9-16-22(34(3)4)25(37)21(28(30)40)27(39)29(16,41)26(38)19(12)24(20)36/h6-7,10,12,16,22,31-32,35-36,39,41H,8-9,11H2,1-5H3,(H2,30,40)/t12-,16-,22-,29-/m0/s1. The number of benzene rings is 1. The fourth-order valence-corrected chi connectivity index (χ4v) is 6.75. The van der Waals surface area contributed by atoms with E-state index in [1.54, 1.807) is 32.3 Å². The van der Waals surface area contributed by atoms with Crippen LogP contribution in [-0.2, 0) is 32.2 Å². The molecule has 13 heteroatoms. The number of nitrogens with one attached hydrogen (secondary N) is 2. The van der Waals surface area contributed by atoms with Crippen LogP contribution < -0.4 is 16.1 Å². The van der Waals surface area contributed by atoms with Gasteiger partial charge in [-0.05, 0) is 56.6 Å². The second-order valence-electron chi connectivity index (χ2n) is 11.4. The van der Waals surface area contributed by atoms with Crippen LogP contribution >= 0.6 is 0 Å². The van der Waals surface area contributed by atoms with Crippen molar-refractivity contribution in [3.8, 4) is 17.0 Å². The predicted octanol–water partition coefficient (Wildman–Crippen LogP) is 0.676. The maximum absolute atomic E-state index is 14.1. The average molecular weight is 582 g/mol. The molecule has 1 aromatic heterocycles. The van der Waals surface area contributed by atoms with Crippen LogP contribution in [0.15, 0.2) is 35.1 Å². The van der Waals surface area contributed by atoms with Crippen LogP contribution in [0.4, 0.5) is 5.69 Å². The molecule has 5 rings (SSSR count). The smallest absolute Gasteiger partial charge is 0.255 e. The number of anilines is 1. The van der Waals surface area contributed by atoms with Crippen molar-refractivity contribution in [2.45, 2.75) is 31.0 Å².